The van der Waals surface area contributed by atoms with Crippen LogP contribution in [0.5, 0.6) is 0 Å². The predicted octanol–water partition coefficient (Wildman–Crippen LogP) is 3.44. The average Bonchev–Trinajstić information content (AvgIpc) is 3.05. The van der Waals surface area contributed by atoms with Gasteiger partial charge in [-0.25, -0.2) is 4.39 Å². The average molecular weight is 297 g/mol. The van der Waals surface area contributed by atoms with Gasteiger partial charge in [-0.05, 0) is 48.9 Å². The summed E-state index contributed by atoms with van der Waals surface area (Å²) in [5.41, 5.74) is 2.11. The highest BCUT2D eigenvalue weighted by Crippen LogP contribution is 2.18. The van der Waals surface area contributed by atoms with Gasteiger partial charge in [0.2, 0.25) is 12.3 Å². The molecule has 1 heterocycles. The van der Waals surface area contributed by atoms with Crippen molar-refractivity contribution in [2.45, 2.75) is 6.92 Å². The van der Waals surface area contributed by atoms with Crippen LogP contribution in [0, 0.1) is 12.7 Å². The Morgan fingerprint density at radius 3 is 2.59 bits per heavy atom. The third-order valence-corrected chi connectivity index (χ3v) is 3.18. The van der Waals surface area contributed by atoms with Gasteiger partial charge in [0.25, 0.3) is 5.91 Å². The maximum Gasteiger partial charge on any atom is 0.255 e. The van der Waals surface area contributed by atoms with E-state index in [2.05, 4.69) is 15.5 Å². The van der Waals surface area contributed by atoms with Gasteiger partial charge in [-0.1, -0.05) is 6.07 Å². The summed E-state index contributed by atoms with van der Waals surface area (Å²) in [7, 11) is 0. The first-order chi connectivity index (χ1) is 10.6. The van der Waals surface area contributed by atoms with Crippen molar-refractivity contribution in [2.24, 2.45) is 0 Å². The summed E-state index contributed by atoms with van der Waals surface area (Å²) in [5, 5.41) is 10.0. The van der Waals surface area contributed by atoms with Crippen LogP contribution in [0.25, 0.3) is 11.5 Å². The first kappa shape index (κ1) is 13.9. The van der Waals surface area contributed by atoms with Gasteiger partial charge in [0.05, 0.1) is 0 Å². The molecule has 110 valence electrons. The fraction of sp³-hybridized carbons (Fsp3) is 0.0625. The molecule has 1 N–H and O–H groups in total. The molecule has 22 heavy (non-hydrogen) atoms. The number of rotatable bonds is 3. The van der Waals surface area contributed by atoms with Crippen molar-refractivity contribution in [1.82, 2.24) is 10.2 Å². The summed E-state index contributed by atoms with van der Waals surface area (Å²) in [6.45, 7) is 1.66. The first-order valence-electron chi connectivity index (χ1n) is 6.57. The van der Waals surface area contributed by atoms with E-state index < -0.39 is 0 Å². The molecule has 3 aromatic rings. The van der Waals surface area contributed by atoms with Crippen LogP contribution in [-0.4, -0.2) is 16.1 Å². The molecule has 0 saturated carbocycles. The largest absolute Gasteiger partial charge is 0.423 e. The second kappa shape index (κ2) is 5.77. The van der Waals surface area contributed by atoms with Gasteiger partial charge in [-0.15, -0.1) is 10.2 Å². The van der Waals surface area contributed by atoms with Crippen molar-refractivity contribution in [2.75, 3.05) is 5.32 Å². The molecule has 0 aliphatic rings. The molecule has 0 aliphatic heterocycles. The molecule has 0 radical (unpaired) electrons. The molecule has 0 fully saturated rings. The summed E-state index contributed by atoms with van der Waals surface area (Å²) in [6, 6.07) is 11.3. The number of aromatic nitrogens is 2. The fourth-order valence-electron chi connectivity index (χ4n) is 1.94. The van der Waals surface area contributed by atoms with Crippen molar-refractivity contribution < 1.29 is 13.6 Å². The Bertz CT molecular complexity index is 799. The van der Waals surface area contributed by atoms with Crippen LogP contribution in [0.4, 0.5) is 10.1 Å². The van der Waals surface area contributed by atoms with E-state index in [9.17, 15) is 9.18 Å². The van der Waals surface area contributed by atoms with Gasteiger partial charge >= 0.3 is 0 Å². The zero-order valence-corrected chi connectivity index (χ0v) is 11.7. The molecule has 0 aliphatic carbocycles. The number of carbonyl (C=O) groups excluding carboxylic acids is 1. The van der Waals surface area contributed by atoms with Crippen LogP contribution in [0.2, 0.25) is 0 Å². The normalized spacial score (nSPS) is 10.5. The maximum absolute atomic E-state index is 13.5. The van der Waals surface area contributed by atoms with Gasteiger partial charge in [0, 0.05) is 16.8 Å². The van der Waals surface area contributed by atoms with E-state index in [1.165, 1.54) is 12.5 Å². The number of nitrogens with one attached hydrogen (secondary N) is 1. The van der Waals surface area contributed by atoms with E-state index in [4.69, 9.17) is 4.42 Å². The molecular formula is C16H12FN3O2. The summed E-state index contributed by atoms with van der Waals surface area (Å²) < 4.78 is 18.5. The van der Waals surface area contributed by atoms with Gasteiger partial charge in [-0.3, -0.25) is 4.79 Å². The summed E-state index contributed by atoms with van der Waals surface area (Å²) >= 11 is 0. The predicted molar refractivity (Wildman–Crippen MR) is 78.8 cm³/mol. The standard InChI is InChI=1S/C16H12FN3O2/c1-10-2-7-13(8-14(10)17)19-15(21)11-3-5-12(6-4-11)16-20-18-9-22-16/h2-9H,1H3,(H,19,21). The van der Waals surface area contributed by atoms with E-state index in [0.717, 1.165) is 5.56 Å². The molecule has 0 atom stereocenters. The summed E-state index contributed by atoms with van der Waals surface area (Å²) in [5.74, 6) is -0.294. The lowest BCUT2D eigenvalue weighted by Gasteiger charge is -2.06. The Labute approximate surface area is 125 Å². The second-order valence-electron chi connectivity index (χ2n) is 4.74. The smallest absolute Gasteiger partial charge is 0.255 e. The highest BCUT2D eigenvalue weighted by molar-refractivity contribution is 6.04. The fourth-order valence-corrected chi connectivity index (χ4v) is 1.94. The quantitative estimate of drug-likeness (QED) is 0.804. The molecule has 3 rings (SSSR count). The number of halogens is 1. The van der Waals surface area contributed by atoms with Crippen molar-refractivity contribution in [1.29, 1.82) is 0 Å². The molecule has 5 nitrogen and oxygen atoms in total. The van der Waals surface area contributed by atoms with Gasteiger partial charge in [-0.2, -0.15) is 0 Å². The van der Waals surface area contributed by atoms with Crippen LogP contribution in [0.15, 0.2) is 53.3 Å². The van der Waals surface area contributed by atoms with Gasteiger partial charge in [0.1, 0.15) is 5.82 Å². The SMILES string of the molecule is Cc1ccc(NC(=O)c2ccc(-c3nnco3)cc2)cc1F. The van der Waals surface area contributed by atoms with Crippen LogP contribution >= 0.6 is 0 Å². The maximum atomic E-state index is 13.5. The van der Waals surface area contributed by atoms with Crippen LogP contribution in [-0.2, 0) is 0 Å². The van der Waals surface area contributed by atoms with Crippen LogP contribution in [0.1, 0.15) is 15.9 Å². The summed E-state index contributed by atoms with van der Waals surface area (Å²) in [6.07, 6.45) is 1.24. The number of hydrogen-bond donors (Lipinski definition) is 1. The molecule has 6 heteroatoms. The number of hydrogen-bond acceptors (Lipinski definition) is 4. The zero-order chi connectivity index (χ0) is 15.5. The van der Waals surface area contributed by atoms with E-state index in [1.54, 1.807) is 43.3 Å². The highest BCUT2D eigenvalue weighted by atomic mass is 19.1. The molecule has 2 aromatic carbocycles. The molecule has 0 saturated heterocycles. The first-order valence-corrected chi connectivity index (χ1v) is 6.57. The number of benzene rings is 2. The molecule has 1 aromatic heterocycles. The van der Waals surface area contributed by atoms with E-state index in [1.807, 2.05) is 0 Å². The highest BCUT2D eigenvalue weighted by Gasteiger charge is 2.09. The topological polar surface area (TPSA) is 68.0 Å². The number of amides is 1. The Hall–Kier alpha value is -3.02. The van der Waals surface area contributed by atoms with Crippen molar-refractivity contribution in [3.63, 3.8) is 0 Å². The van der Waals surface area contributed by atoms with E-state index in [-0.39, 0.29) is 11.7 Å². The van der Waals surface area contributed by atoms with Gasteiger partial charge < -0.3 is 9.73 Å². The lowest BCUT2D eigenvalue weighted by Crippen LogP contribution is -2.12. The monoisotopic (exact) mass is 297 g/mol. The number of carbonyl (C=O) groups is 1. The zero-order valence-electron chi connectivity index (χ0n) is 11.7. The number of nitrogens with zero attached hydrogens (tertiary/aromatic N) is 2. The second-order valence-corrected chi connectivity index (χ2v) is 4.74. The van der Waals surface area contributed by atoms with E-state index in [0.29, 0.717) is 22.7 Å². The Morgan fingerprint density at radius 2 is 1.95 bits per heavy atom. The minimum Gasteiger partial charge on any atom is -0.423 e. The summed E-state index contributed by atoms with van der Waals surface area (Å²) in [4.78, 5) is 12.1. The van der Waals surface area contributed by atoms with Crippen molar-refractivity contribution in [3.05, 3.63) is 65.8 Å². The Kier molecular flexibility index (Phi) is 3.65. The molecule has 1 amide bonds. The number of aryl methyl sites for hydroxylation is 1. The van der Waals surface area contributed by atoms with Gasteiger partial charge in [0.15, 0.2) is 0 Å². The van der Waals surface area contributed by atoms with Crippen LogP contribution < -0.4 is 5.32 Å². The minimum absolute atomic E-state index is 0.319. The Morgan fingerprint density at radius 1 is 1.18 bits per heavy atom. The number of anilines is 1. The van der Waals surface area contributed by atoms with Crippen LogP contribution in [0.3, 0.4) is 0 Å². The molecular weight excluding hydrogens is 285 g/mol. The van der Waals surface area contributed by atoms with Crippen molar-refractivity contribution >= 4 is 11.6 Å². The minimum atomic E-state index is -0.357. The molecule has 0 spiro atoms. The molecule has 0 bridgehead atoms. The lowest BCUT2D eigenvalue weighted by atomic mass is 10.1. The van der Waals surface area contributed by atoms with E-state index >= 15 is 0 Å². The van der Waals surface area contributed by atoms with Crippen molar-refractivity contribution in [3.8, 4) is 11.5 Å². The molecule has 0 unspecified atom stereocenters. The Balaban J connectivity index is 1.76. The third-order valence-electron chi connectivity index (χ3n) is 3.18. The third kappa shape index (κ3) is 2.85. The lowest BCUT2D eigenvalue weighted by molar-refractivity contribution is 0.102.